The van der Waals surface area contributed by atoms with Gasteiger partial charge in [-0.2, -0.15) is 4.39 Å². The highest BCUT2D eigenvalue weighted by molar-refractivity contribution is 5.51. The fourth-order valence-corrected chi connectivity index (χ4v) is 5.35. The largest absolute Gasteiger partial charge is 0.389 e. The number of likely N-dealkylation sites (tertiary alicyclic amines) is 1. The summed E-state index contributed by atoms with van der Waals surface area (Å²) >= 11 is 0. The number of halogens is 1. The molecule has 1 saturated heterocycles. The predicted octanol–water partition coefficient (Wildman–Crippen LogP) is 3.68. The van der Waals surface area contributed by atoms with Crippen molar-refractivity contribution in [3.63, 3.8) is 0 Å². The van der Waals surface area contributed by atoms with Crippen LogP contribution in [0.25, 0.3) is 0 Å². The van der Waals surface area contributed by atoms with Crippen molar-refractivity contribution in [1.82, 2.24) is 14.9 Å². The van der Waals surface area contributed by atoms with Crippen LogP contribution in [-0.4, -0.2) is 69.5 Å². The lowest BCUT2D eigenvalue weighted by Gasteiger charge is -2.42. The van der Waals surface area contributed by atoms with E-state index in [-0.39, 0.29) is 12.4 Å². The number of aliphatic hydroxyl groups excluding tert-OH is 1. The normalized spacial score (nSPS) is 27.5. The summed E-state index contributed by atoms with van der Waals surface area (Å²) in [5.41, 5.74) is -0.185. The van der Waals surface area contributed by atoms with Gasteiger partial charge in [0, 0.05) is 39.3 Å². The molecule has 0 radical (unpaired) electrons. The number of aliphatic hydroxyl groups is 2. The van der Waals surface area contributed by atoms with Crippen molar-refractivity contribution in [2.24, 2.45) is 11.8 Å². The van der Waals surface area contributed by atoms with Crippen molar-refractivity contribution in [1.29, 1.82) is 0 Å². The third-order valence-corrected chi connectivity index (χ3v) is 7.79. The standard InChI is InChI=1S/C27H40FN5O2/c1-3-33(16-22-11-9-20(2)10-12-22)26-24(28)25(30-19-31-26)29-18-27(35)13-14-32(17-23(27)34)15-21-7-5-4-6-8-21/h4-8,19-20,22-23,34-35H,3,9-18H2,1-2H3,(H,29,30,31)/t20-,22-,23-,27-/m0/s1. The van der Waals surface area contributed by atoms with E-state index >= 15 is 4.39 Å². The predicted molar refractivity (Wildman–Crippen MR) is 137 cm³/mol. The van der Waals surface area contributed by atoms with Crippen molar-refractivity contribution in [2.75, 3.05) is 42.9 Å². The fraction of sp³-hybridized carbons (Fsp3) is 0.630. The minimum absolute atomic E-state index is 0.0212. The molecule has 8 heteroatoms. The zero-order valence-corrected chi connectivity index (χ0v) is 21.0. The number of anilines is 2. The molecule has 3 N–H and O–H groups in total. The molecule has 2 aliphatic rings. The van der Waals surface area contributed by atoms with Crippen LogP contribution in [-0.2, 0) is 6.54 Å². The van der Waals surface area contributed by atoms with Gasteiger partial charge in [-0.3, -0.25) is 4.90 Å². The van der Waals surface area contributed by atoms with E-state index in [1.54, 1.807) is 0 Å². The maximum absolute atomic E-state index is 15.4. The van der Waals surface area contributed by atoms with E-state index in [9.17, 15) is 10.2 Å². The number of nitrogens with one attached hydrogen (secondary N) is 1. The van der Waals surface area contributed by atoms with Gasteiger partial charge in [0.05, 0.1) is 6.10 Å². The van der Waals surface area contributed by atoms with Crippen LogP contribution >= 0.6 is 0 Å². The van der Waals surface area contributed by atoms with Crippen molar-refractivity contribution >= 4 is 11.6 Å². The Bertz CT molecular complexity index is 940. The van der Waals surface area contributed by atoms with Crippen LogP contribution in [0.2, 0.25) is 0 Å². The topological polar surface area (TPSA) is 84.8 Å². The number of hydrogen-bond donors (Lipinski definition) is 3. The van der Waals surface area contributed by atoms with Crippen molar-refractivity contribution < 1.29 is 14.6 Å². The molecule has 2 fully saturated rings. The summed E-state index contributed by atoms with van der Waals surface area (Å²) < 4.78 is 15.4. The van der Waals surface area contributed by atoms with E-state index in [2.05, 4.69) is 39.2 Å². The first-order chi connectivity index (χ1) is 16.9. The van der Waals surface area contributed by atoms with Gasteiger partial charge in [-0.25, -0.2) is 9.97 Å². The number of hydrogen-bond acceptors (Lipinski definition) is 7. The number of benzene rings is 1. The Kier molecular flexibility index (Phi) is 8.57. The molecule has 0 amide bonds. The van der Waals surface area contributed by atoms with Gasteiger partial charge in [-0.15, -0.1) is 0 Å². The Balaban J connectivity index is 1.35. The van der Waals surface area contributed by atoms with E-state index in [1.807, 2.05) is 30.0 Å². The highest BCUT2D eigenvalue weighted by atomic mass is 19.1. The Hall–Kier alpha value is -2.29. The summed E-state index contributed by atoms with van der Waals surface area (Å²) in [4.78, 5) is 12.5. The van der Waals surface area contributed by atoms with Crippen LogP contribution in [0.5, 0.6) is 0 Å². The van der Waals surface area contributed by atoms with Crippen LogP contribution < -0.4 is 10.2 Å². The average molecular weight is 486 g/mol. The number of aromatic nitrogens is 2. The van der Waals surface area contributed by atoms with Crippen LogP contribution in [0.4, 0.5) is 16.0 Å². The molecular weight excluding hydrogens is 445 g/mol. The molecule has 2 heterocycles. The second-order valence-electron chi connectivity index (χ2n) is 10.5. The van der Waals surface area contributed by atoms with Crippen LogP contribution in [0, 0.1) is 17.7 Å². The lowest BCUT2D eigenvalue weighted by Crippen LogP contribution is -2.58. The first-order valence-corrected chi connectivity index (χ1v) is 13.0. The molecule has 0 unspecified atom stereocenters. The summed E-state index contributed by atoms with van der Waals surface area (Å²) in [7, 11) is 0. The maximum atomic E-state index is 15.4. The number of piperidine rings is 1. The molecule has 35 heavy (non-hydrogen) atoms. The number of β-amino-alcohol motifs (C(OH)–C–C–N with tert-alkyl or cyclic N) is 1. The SMILES string of the molecule is CCN(C[C@H]1CC[C@H](C)CC1)c1ncnc(NC[C@@]2(O)CCN(Cc3ccccc3)C[C@@H]2O)c1F. The Labute approximate surface area is 208 Å². The molecule has 0 spiro atoms. The van der Waals surface area contributed by atoms with Gasteiger partial charge in [-0.05, 0) is 43.6 Å². The van der Waals surface area contributed by atoms with Gasteiger partial charge >= 0.3 is 0 Å². The van der Waals surface area contributed by atoms with Crippen LogP contribution in [0.1, 0.15) is 51.5 Å². The van der Waals surface area contributed by atoms with Gasteiger partial charge in [0.15, 0.2) is 11.6 Å². The molecule has 1 aromatic heterocycles. The summed E-state index contributed by atoms with van der Waals surface area (Å²) in [5, 5.41) is 24.8. The van der Waals surface area contributed by atoms with Gasteiger partial charge in [-0.1, -0.05) is 50.1 Å². The van der Waals surface area contributed by atoms with Gasteiger partial charge in [0.25, 0.3) is 0 Å². The second kappa shape index (κ2) is 11.6. The highest BCUT2D eigenvalue weighted by Crippen LogP contribution is 2.31. The van der Waals surface area contributed by atoms with Gasteiger partial charge < -0.3 is 20.4 Å². The smallest absolute Gasteiger partial charge is 0.207 e. The van der Waals surface area contributed by atoms with Crippen molar-refractivity contribution in [3.8, 4) is 0 Å². The van der Waals surface area contributed by atoms with E-state index < -0.39 is 17.5 Å². The zero-order chi connectivity index (χ0) is 24.8. The molecule has 1 aliphatic carbocycles. The molecular formula is C27H40FN5O2. The second-order valence-corrected chi connectivity index (χ2v) is 10.5. The van der Waals surface area contributed by atoms with Crippen molar-refractivity contribution in [2.45, 2.75) is 64.2 Å². The quantitative estimate of drug-likeness (QED) is 0.500. The third-order valence-electron chi connectivity index (χ3n) is 7.79. The summed E-state index contributed by atoms with van der Waals surface area (Å²) in [5.74, 6) is 1.19. The van der Waals surface area contributed by atoms with E-state index in [0.717, 1.165) is 19.0 Å². The molecule has 192 valence electrons. The van der Waals surface area contributed by atoms with Crippen LogP contribution in [0.15, 0.2) is 36.7 Å². The molecule has 1 saturated carbocycles. The fourth-order valence-electron chi connectivity index (χ4n) is 5.35. The summed E-state index contributed by atoms with van der Waals surface area (Å²) in [6, 6.07) is 10.1. The Morgan fingerprint density at radius 2 is 1.91 bits per heavy atom. The first-order valence-electron chi connectivity index (χ1n) is 13.0. The average Bonchev–Trinajstić information content (AvgIpc) is 2.86. The van der Waals surface area contributed by atoms with E-state index in [4.69, 9.17) is 0 Å². The molecule has 1 aromatic carbocycles. The zero-order valence-electron chi connectivity index (χ0n) is 21.0. The highest BCUT2D eigenvalue weighted by Gasteiger charge is 2.40. The summed E-state index contributed by atoms with van der Waals surface area (Å²) in [6.07, 6.45) is 5.60. The Morgan fingerprint density at radius 3 is 2.60 bits per heavy atom. The minimum atomic E-state index is -1.35. The van der Waals surface area contributed by atoms with Gasteiger partial charge in [0.1, 0.15) is 11.9 Å². The Morgan fingerprint density at radius 1 is 1.17 bits per heavy atom. The molecule has 1 aliphatic heterocycles. The number of nitrogens with zero attached hydrogens (tertiary/aromatic N) is 4. The lowest BCUT2D eigenvalue weighted by atomic mass is 9.83. The molecule has 2 aromatic rings. The first kappa shape index (κ1) is 25.8. The third kappa shape index (κ3) is 6.48. The number of rotatable bonds is 9. The minimum Gasteiger partial charge on any atom is -0.389 e. The van der Waals surface area contributed by atoms with Crippen molar-refractivity contribution in [3.05, 3.63) is 48.0 Å². The summed E-state index contributed by atoms with van der Waals surface area (Å²) in [6.45, 7) is 7.51. The molecule has 7 nitrogen and oxygen atoms in total. The molecule has 2 atom stereocenters. The molecule has 0 bridgehead atoms. The van der Waals surface area contributed by atoms with E-state index in [1.165, 1.54) is 37.6 Å². The van der Waals surface area contributed by atoms with E-state index in [0.29, 0.717) is 37.8 Å². The molecule has 4 rings (SSSR count). The van der Waals surface area contributed by atoms with Gasteiger partial charge in [0.2, 0.25) is 5.82 Å². The lowest BCUT2D eigenvalue weighted by molar-refractivity contribution is -0.111. The van der Waals surface area contributed by atoms with Crippen LogP contribution in [0.3, 0.4) is 0 Å². The monoisotopic (exact) mass is 485 g/mol. The maximum Gasteiger partial charge on any atom is 0.207 e.